The monoisotopic (exact) mass is 335 g/mol. The molecule has 3 heterocycles. The van der Waals surface area contributed by atoms with Crippen LogP contribution in [0.3, 0.4) is 0 Å². The van der Waals surface area contributed by atoms with Crippen LogP contribution >= 0.6 is 0 Å². The van der Waals surface area contributed by atoms with E-state index in [2.05, 4.69) is 10.3 Å². The summed E-state index contributed by atoms with van der Waals surface area (Å²) in [4.78, 5) is 17.3. The number of benzene rings is 1. The third kappa shape index (κ3) is 2.89. The first-order valence-electron chi connectivity index (χ1n) is 7.75. The Morgan fingerprint density at radius 1 is 1.12 bits per heavy atom. The quantitative estimate of drug-likeness (QED) is 0.617. The summed E-state index contributed by atoms with van der Waals surface area (Å²) in [5.41, 5.74) is 0.369. The number of nitrogens with zero attached hydrogens (tertiary/aromatic N) is 2. The molecule has 0 aliphatic rings. The number of fused-ring (bicyclic) bond motifs is 1. The Labute approximate surface area is 142 Å². The van der Waals surface area contributed by atoms with Crippen LogP contribution in [-0.4, -0.2) is 9.55 Å². The van der Waals surface area contributed by atoms with Gasteiger partial charge in [-0.1, -0.05) is 0 Å². The van der Waals surface area contributed by atoms with E-state index in [1.165, 1.54) is 16.7 Å². The van der Waals surface area contributed by atoms with Crippen LogP contribution in [-0.2, 0) is 6.54 Å². The first-order valence-corrected chi connectivity index (χ1v) is 7.75. The van der Waals surface area contributed by atoms with Gasteiger partial charge in [0.1, 0.15) is 17.4 Å². The average Bonchev–Trinajstić information content (AvgIpc) is 3.15. The first-order chi connectivity index (χ1) is 12.2. The van der Waals surface area contributed by atoms with Crippen molar-refractivity contribution in [2.24, 2.45) is 0 Å². The zero-order chi connectivity index (χ0) is 17.2. The molecule has 0 radical (unpaired) electrons. The van der Waals surface area contributed by atoms with E-state index in [9.17, 15) is 9.18 Å². The van der Waals surface area contributed by atoms with Gasteiger partial charge in [-0.05, 0) is 53.9 Å². The van der Waals surface area contributed by atoms with E-state index in [0.717, 1.165) is 11.1 Å². The van der Waals surface area contributed by atoms with Crippen molar-refractivity contribution in [2.45, 2.75) is 6.54 Å². The molecule has 0 bridgehead atoms. The van der Waals surface area contributed by atoms with Crippen molar-refractivity contribution in [3.05, 3.63) is 89.1 Å². The third-order valence-electron chi connectivity index (χ3n) is 3.93. The smallest absolute Gasteiger partial charge is 0.266 e. The molecule has 0 atom stereocenters. The summed E-state index contributed by atoms with van der Waals surface area (Å²) >= 11 is 0. The van der Waals surface area contributed by atoms with E-state index < -0.39 is 0 Å². The first kappa shape index (κ1) is 15.1. The normalized spacial score (nSPS) is 10.9. The highest BCUT2D eigenvalue weighted by Gasteiger charge is 2.10. The van der Waals surface area contributed by atoms with E-state index in [1.54, 1.807) is 42.9 Å². The Balaban J connectivity index is 1.80. The molecule has 0 saturated carbocycles. The van der Waals surface area contributed by atoms with Crippen LogP contribution in [0.1, 0.15) is 5.76 Å². The molecule has 25 heavy (non-hydrogen) atoms. The SMILES string of the molecule is O=c1c2c(NCc3ccco3)nccc2ccn1-c1ccc(F)cc1. The van der Waals surface area contributed by atoms with Crippen LogP contribution in [0.25, 0.3) is 16.5 Å². The van der Waals surface area contributed by atoms with Gasteiger partial charge in [0.25, 0.3) is 5.56 Å². The summed E-state index contributed by atoms with van der Waals surface area (Å²) in [7, 11) is 0. The minimum atomic E-state index is -0.347. The lowest BCUT2D eigenvalue weighted by atomic mass is 10.2. The number of halogens is 1. The molecule has 0 aliphatic carbocycles. The van der Waals surface area contributed by atoms with Crippen LogP contribution in [0.5, 0.6) is 0 Å². The number of aromatic nitrogens is 2. The maximum absolute atomic E-state index is 13.1. The van der Waals surface area contributed by atoms with Crippen molar-refractivity contribution in [1.82, 2.24) is 9.55 Å². The topological polar surface area (TPSA) is 60.1 Å². The largest absolute Gasteiger partial charge is 0.467 e. The fourth-order valence-corrected chi connectivity index (χ4v) is 2.71. The lowest BCUT2D eigenvalue weighted by molar-refractivity contribution is 0.518. The summed E-state index contributed by atoms with van der Waals surface area (Å²) in [6, 6.07) is 13.0. The zero-order valence-corrected chi connectivity index (χ0v) is 13.1. The second-order valence-electron chi connectivity index (χ2n) is 5.52. The van der Waals surface area contributed by atoms with Gasteiger partial charge in [-0.2, -0.15) is 0 Å². The van der Waals surface area contributed by atoms with Gasteiger partial charge in [0, 0.05) is 18.1 Å². The Morgan fingerprint density at radius 3 is 2.72 bits per heavy atom. The van der Waals surface area contributed by atoms with Crippen molar-refractivity contribution in [3.63, 3.8) is 0 Å². The van der Waals surface area contributed by atoms with Gasteiger partial charge in [-0.25, -0.2) is 9.37 Å². The molecule has 3 aromatic heterocycles. The second-order valence-corrected chi connectivity index (χ2v) is 5.52. The van der Waals surface area contributed by atoms with E-state index in [0.29, 0.717) is 23.4 Å². The summed E-state index contributed by atoms with van der Waals surface area (Å²) in [5.74, 6) is 0.879. The number of anilines is 1. The van der Waals surface area contributed by atoms with Gasteiger partial charge in [-0.3, -0.25) is 9.36 Å². The summed E-state index contributed by atoms with van der Waals surface area (Å²) in [6.45, 7) is 0.421. The summed E-state index contributed by atoms with van der Waals surface area (Å²) in [5, 5.41) is 4.39. The Morgan fingerprint density at radius 2 is 1.96 bits per heavy atom. The second kappa shape index (κ2) is 6.24. The van der Waals surface area contributed by atoms with Gasteiger partial charge < -0.3 is 9.73 Å². The van der Waals surface area contributed by atoms with E-state index in [-0.39, 0.29) is 11.4 Å². The highest BCUT2D eigenvalue weighted by Crippen LogP contribution is 2.19. The molecule has 0 amide bonds. The number of nitrogens with one attached hydrogen (secondary N) is 1. The Kier molecular flexibility index (Phi) is 3.78. The van der Waals surface area contributed by atoms with E-state index in [1.807, 2.05) is 12.1 Å². The van der Waals surface area contributed by atoms with Crippen LogP contribution < -0.4 is 10.9 Å². The Bertz CT molecular complexity index is 1070. The minimum Gasteiger partial charge on any atom is -0.467 e. The highest BCUT2D eigenvalue weighted by atomic mass is 19.1. The molecule has 0 unspecified atom stereocenters. The third-order valence-corrected chi connectivity index (χ3v) is 3.93. The van der Waals surface area contributed by atoms with Gasteiger partial charge in [0.05, 0.1) is 18.2 Å². The van der Waals surface area contributed by atoms with Gasteiger partial charge in [0.2, 0.25) is 0 Å². The zero-order valence-electron chi connectivity index (χ0n) is 13.1. The van der Waals surface area contributed by atoms with Crippen molar-refractivity contribution < 1.29 is 8.81 Å². The summed E-state index contributed by atoms with van der Waals surface area (Å²) < 4.78 is 19.9. The molecule has 4 rings (SSSR count). The number of pyridine rings is 2. The van der Waals surface area contributed by atoms with E-state index >= 15 is 0 Å². The predicted molar refractivity (Wildman–Crippen MR) is 93.3 cm³/mol. The predicted octanol–water partition coefficient (Wildman–Crippen LogP) is 3.73. The molecule has 6 heteroatoms. The van der Waals surface area contributed by atoms with Crippen molar-refractivity contribution in [1.29, 1.82) is 0 Å². The van der Waals surface area contributed by atoms with Gasteiger partial charge >= 0.3 is 0 Å². The fourth-order valence-electron chi connectivity index (χ4n) is 2.71. The van der Waals surface area contributed by atoms with Crippen molar-refractivity contribution >= 4 is 16.6 Å². The van der Waals surface area contributed by atoms with E-state index in [4.69, 9.17) is 4.42 Å². The van der Waals surface area contributed by atoms with Gasteiger partial charge in [-0.15, -0.1) is 0 Å². The maximum Gasteiger partial charge on any atom is 0.266 e. The standard InChI is InChI=1S/C19H14FN3O2/c20-14-3-5-15(6-4-14)23-10-8-13-7-9-21-18(17(13)19(23)24)22-12-16-2-1-11-25-16/h1-11H,12H2,(H,21,22). The number of rotatable bonds is 4. The molecule has 5 nitrogen and oxygen atoms in total. The van der Waals surface area contributed by atoms with Crippen LogP contribution in [0, 0.1) is 5.82 Å². The minimum absolute atomic E-state index is 0.223. The number of furan rings is 1. The number of hydrogen-bond donors (Lipinski definition) is 1. The molecule has 1 aromatic carbocycles. The average molecular weight is 335 g/mol. The summed E-state index contributed by atoms with van der Waals surface area (Å²) in [6.07, 6.45) is 4.91. The highest BCUT2D eigenvalue weighted by molar-refractivity contribution is 5.91. The molecule has 0 saturated heterocycles. The van der Waals surface area contributed by atoms with Crippen molar-refractivity contribution in [3.8, 4) is 5.69 Å². The Hall–Kier alpha value is -3.41. The van der Waals surface area contributed by atoms with Crippen LogP contribution in [0.4, 0.5) is 10.2 Å². The lowest BCUT2D eigenvalue weighted by Crippen LogP contribution is -2.19. The number of hydrogen-bond acceptors (Lipinski definition) is 4. The molecule has 0 fully saturated rings. The molecular formula is C19H14FN3O2. The molecule has 4 aromatic rings. The molecule has 0 aliphatic heterocycles. The van der Waals surface area contributed by atoms with Gasteiger partial charge in [0.15, 0.2) is 0 Å². The molecule has 124 valence electrons. The maximum atomic E-state index is 13.1. The molecule has 1 N–H and O–H groups in total. The lowest BCUT2D eigenvalue weighted by Gasteiger charge is -2.10. The van der Waals surface area contributed by atoms with Crippen LogP contribution in [0.2, 0.25) is 0 Å². The molecule has 0 spiro atoms. The molecular weight excluding hydrogens is 321 g/mol. The van der Waals surface area contributed by atoms with Crippen molar-refractivity contribution in [2.75, 3.05) is 5.32 Å². The van der Waals surface area contributed by atoms with Crippen LogP contribution in [0.15, 0.2) is 76.4 Å². The fraction of sp³-hybridized carbons (Fsp3) is 0.0526.